The van der Waals surface area contributed by atoms with E-state index >= 15 is 0 Å². The molecule has 22 heavy (non-hydrogen) atoms. The van der Waals surface area contributed by atoms with E-state index in [1.54, 1.807) is 11.0 Å². The summed E-state index contributed by atoms with van der Waals surface area (Å²) in [7, 11) is 0. The van der Waals surface area contributed by atoms with Gasteiger partial charge in [-0.3, -0.25) is 4.79 Å². The number of benzene rings is 1. The van der Waals surface area contributed by atoms with Gasteiger partial charge in [0.05, 0.1) is 17.2 Å². The molecule has 2 aliphatic heterocycles. The Balaban J connectivity index is 0.00000176. The van der Waals surface area contributed by atoms with E-state index in [2.05, 4.69) is 5.32 Å². The van der Waals surface area contributed by atoms with Crippen LogP contribution >= 0.6 is 12.4 Å². The Kier molecular flexibility index (Phi) is 4.46. The number of fused-ring (bicyclic) bond motifs is 3. The molecule has 3 nitrogen and oxygen atoms in total. The van der Waals surface area contributed by atoms with Gasteiger partial charge in [-0.2, -0.15) is 13.2 Å². The Hall–Kier alpha value is -1.27. The monoisotopic (exact) mass is 334 g/mol. The molecule has 0 bridgehead atoms. The number of nitrogens with zero attached hydrogens (tertiary/aromatic N) is 1. The van der Waals surface area contributed by atoms with Crippen molar-refractivity contribution in [3.05, 3.63) is 34.9 Å². The summed E-state index contributed by atoms with van der Waals surface area (Å²) in [5.41, 5.74) is -0.487. The van der Waals surface area contributed by atoms with E-state index in [1.807, 2.05) is 13.8 Å². The minimum absolute atomic E-state index is 0. The minimum Gasteiger partial charge on any atom is -0.326 e. The second-order valence-corrected chi connectivity index (χ2v) is 5.97. The summed E-state index contributed by atoms with van der Waals surface area (Å²) in [6.45, 7) is 5.09. The zero-order valence-electron chi connectivity index (χ0n) is 12.3. The van der Waals surface area contributed by atoms with Crippen molar-refractivity contribution >= 4 is 18.3 Å². The molecule has 1 aromatic carbocycles. The number of halogens is 4. The number of alkyl halides is 3. The summed E-state index contributed by atoms with van der Waals surface area (Å²) in [6.07, 6.45) is -4.50. The predicted molar refractivity (Wildman–Crippen MR) is 79.1 cm³/mol. The van der Waals surface area contributed by atoms with E-state index in [9.17, 15) is 18.0 Å². The van der Waals surface area contributed by atoms with Gasteiger partial charge >= 0.3 is 6.18 Å². The summed E-state index contributed by atoms with van der Waals surface area (Å²) in [4.78, 5) is 14.3. The number of hydrogen-bond acceptors (Lipinski definition) is 2. The van der Waals surface area contributed by atoms with Crippen LogP contribution in [-0.2, 0) is 6.18 Å². The molecule has 1 saturated heterocycles. The molecule has 1 N–H and O–H groups in total. The third-order valence-corrected chi connectivity index (χ3v) is 4.36. The topological polar surface area (TPSA) is 32.3 Å². The first kappa shape index (κ1) is 17.1. The Bertz CT molecular complexity index is 589. The molecule has 2 atom stereocenters. The van der Waals surface area contributed by atoms with Crippen LogP contribution in [0.25, 0.3) is 0 Å². The van der Waals surface area contributed by atoms with Crippen molar-refractivity contribution in [1.82, 2.24) is 10.2 Å². The highest BCUT2D eigenvalue weighted by Gasteiger charge is 2.48. The number of carbonyl (C=O) groups is 1. The van der Waals surface area contributed by atoms with Crippen LogP contribution in [0.1, 0.15) is 41.4 Å². The van der Waals surface area contributed by atoms with Crippen LogP contribution in [0.5, 0.6) is 0 Å². The zero-order chi connectivity index (χ0) is 15.4. The molecule has 2 heterocycles. The van der Waals surface area contributed by atoms with Crippen molar-refractivity contribution < 1.29 is 18.0 Å². The maximum Gasteiger partial charge on any atom is 0.417 e. The normalized spacial score (nSPS) is 24.1. The van der Waals surface area contributed by atoms with Gasteiger partial charge in [-0.05, 0) is 17.5 Å². The second kappa shape index (κ2) is 5.74. The Morgan fingerprint density at radius 1 is 1.27 bits per heavy atom. The van der Waals surface area contributed by atoms with Crippen LogP contribution in [0.4, 0.5) is 13.2 Å². The van der Waals surface area contributed by atoms with Gasteiger partial charge in [-0.25, -0.2) is 0 Å². The van der Waals surface area contributed by atoms with Gasteiger partial charge in [0.25, 0.3) is 5.91 Å². The van der Waals surface area contributed by atoms with Gasteiger partial charge in [0.1, 0.15) is 0 Å². The quantitative estimate of drug-likeness (QED) is 0.855. The summed E-state index contributed by atoms with van der Waals surface area (Å²) in [5, 5.41) is 3.23. The molecule has 0 radical (unpaired) electrons. The molecule has 0 saturated carbocycles. The number of hydrogen-bond donors (Lipinski definition) is 1. The number of nitrogens with one attached hydrogen (secondary N) is 1. The fourth-order valence-corrected chi connectivity index (χ4v) is 3.36. The summed E-state index contributed by atoms with van der Waals surface area (Å²) < 4.78 is 39.5. The minimum atomic E-state index is -4.50. The average molecular weight is 335 g/mol. The highest BCUT2D eigenvalue weighted by molar-refractivity contribution is 6.01. The van der Waals surface area contributed by atoms with Crippen LogP contribution in [0.3, 0.4) is 0 Å². The largest absolute Gasteiger partial charge is 0.417 e. The van der Waals surface area contributed by atoms with Crippen molar-refractivity contribution in [1.29, 1.82) is 0 Å². The lowest BCUT2D eigenvalue weighted by Crippen LogP contribution is -2.54. The maximum absolute atomic E-state index is 13.2. The Labute approximate surface area is 133 Å². The molecule has 7 heteroatoms. The standard InChI is InChI=1S/C15H17F3N2O.ClH/c1-8(2)11-6-19-7-12-9-4-3-5-10(15(16,17)18)13(9)14(21)20(11)12;/h3-5,8,11-12,19H,6-7H2,1-2H3;1H/t11-,12+;/m1./s1. The van der Waals surface area contributed by atoms with Crippen molar-refractivity contribution in [2.75, 3.05) is 13.1 Å². The molecule has 0 unspecified atom stereocenters. The molecule has 1 amide bonds. The number of rotatable bonds is 1. The highest BCUT2D eigenvalue weighted by atomic mass is 35.5. The van der Waals surface area contributed by atoms with Crippen molar-refractivity contribution in [2.45, 2.75) is 32.1 Å². The van der Waals surface area contributed by atoms with Crippen LogP contribution in [0.2, 0.25) is 0 Å². The van der Waals surface area contributed by atoms with Gasteiger partial charge in [0.15, 0.2) is 0 Å². The molecule has 0 aromatic heterocycles. The molecular formula is C15H18ClF3N2O. The second-order valence-electron chi connectivity index (χ2n) is 5.97. The summed E-state index contributed by atoms with van der Waals surface area (Å²) in [5.74, 6) is -0.295. The maximum atomic E-state index is 13.2. The van der Waals surface area contributed by atoms with Crippen molar-refractivity contribution in [2.24, 2.45) is 5.92 Å². The Morgan fingerprint density at radius 3 is 2.55 bits per heavy atom. The van der Waals surface area contributed by atoms with E-state index in [-0.39, 0.29) is 36.0 Å². The van der Waals surface area contributed by atoms with Gasteiger partial charge in [-0.1, -0.05) is 26.0 Å². The van der Waals surface area contributed by atoms with Gasteiger partial charge in [0, 0.05) is 19.1 Å². The smallest absolute Gasteiger partial charge is 0.326 e. The summed E-state index contributed by atoms with van der Waals surface area (Å²) >= 11 is 0. The highest BCUT2D eigenvalue weighted by Crippen LogP contribution is 2.43. The lowest BCUT2D eigenvalue weighted by molar-refractivity contribution is -0.137. The van der Waals surface area contributed by atoms with E-state index in [0.29, 0.717) is 18.7 Å². The van der Waals surface area contributed by atoms with E-state index < -0.39 is 17.6 Å². The van der Waals surface area contributed by atoms with Crippen LogP contribution in [0, 0.1) is 5.92 Å². The third kappa shape index (κ3) is 2.48. The summed E-state index contributed by atoms with van der Waals surface area (Å²) in [6, 6.07) is 3.64. The van der Waals surface area contributed by atoms with E-state index in [0.717, 1.165) is 6.07 Å². The molecule has 122 valence electrons. The average Bonchev–Trinajstić information content (AvgIpc) is 2.71. The molecule has 1 fully saturated rings. The first-order valence-electron chi connectivity index (χ1n) is 7.06. The number of carbonyl (C=O) groups excluding carboxylic acids is 1. The molecular weight excluding hydrogens is 317 g/mol. The molecule has 0 spiro atoms. The van der Waals surface area contributed by atoms with E-state index in [4.69, 9.17) is 0 Å². The fraction of sp³-hybridized carbons (Fsp3) is 0.533. The van der Waals surface area contributed by atoms with Crippen LogP contribution in [0.15, 0.2) is 18.2 Å². The molecule has 3 rings (SSSR count). The first-order chi connectivity index (χ1) is 9.82. The first-order valence-corrected chi connectivity index (χ1v) is 7.06. The zero-order valence-corrected chi connectivity index (χ0v) is 13.1. The molecule has 2 aliphatic rings. The van der Waals surface area contributed by atoms with Crippen LogP contribution < -0.4 is 5.32 Å². The SMILES string of the molecule is CC(C)[C@H]1CNC[C@H]2c3cccc(C(F)(F)F)c3C(=O)N12.Cl. The lowest BCUT2D eigenvalue weighted by atomic mass is 9.96. The van der Waals surface area contributed by atoms with Gasteiger partial charge in [0.2, 0.25) is 0 Å². The van der Waals surface area contributed by atoms with Crippen LogP contribution in [-0.4, -0.2) is 29.9 Å². The predicted octanol–water partition coefficient (Wildman–Crippen LogP) is 3.25. The van der Waals surface area contributed by atoms with Crippen molar-refractivity contribution in [3.8, 4) is 0 Å². The number of amides is 1. The number of piperazine rings is 1. The van der Waals surface area contributed by atoms with Crippen molar-refractivity contribution in [3.63, 3.8) is 0 Å². The Morgan fingerprint density at radius 2 is 1.95 bits per heavy atom. The molecule has 0 aliphatic carbocycles. The van der Waals surface area contributed by atoms with Gasteiger partial charge < -0.3 is 10.2 Å². The fourth-order valence-electron chi connectivity index (χ4n) is 3.36. The van der Waals surface area contributed by atoms with Gasteiger partial charge in [-0.15, -0.1) is 12.4 Å². The lowest BCUT2D eigenvalue weighted by Gasteiger charge is -2.40. The molecule has 1 aromatic rings. The van der Waals surface area contributed by atoms with E-state index in [1.165, 1.54) is 6.07 Å². The third-order valence-electron chi connectivity index (χ3n) is 4.36.